The van der Waals surface area contributed by atoms with Crippen LogP contribution in [0.5, 0.6) is 0 Å². The lowest BCUT2D eigenvalue weighted by Gasteiger charge is -2.51. The first kappa shape index (κ1) is 14.9. The van der Waals surface area contributed by atoms with Gasteiger partial charge >= 0.3 is 0 Å². The summed E-state index contributed by atoms with van der Waals surface area (Å²) in [5.74, 6) is 0.762. The Bertz CT molecular complexity index is 210. The maximum absolute atomic E-state index is 6.17. The number of likely N-dealkylation sites (N-methyl/N-ethyl adjacent to an activating group) is 1. The fraction of sp³-hybridized carbons (Fsp3) is 1.00. The van der Waals surface area contributed by atoms with Gasteiger partial charge in [-0.1, -0.05) is 33.1 Å². The summed E-state index contributed by atoms with van der Waals surface area (Å²) >= 11 is 0. The second-order valence-electron chi connectivity index (χ2n) is 5.23. The van der Waals surface area contributed by atoms with Crippen molar-refractivity contribution in [2.24, 2.45) is 11.7 Å². The Morgan fingerprint density at radius 2 is 2.12 bits per heavy atom. The molecule has 0 aromatic rings. The van der Waals surface area contributed by atoms with Crippen LogP contribution in [0.15, 0.2) is 0 Å². The van der Waals surface area contributed by atoms with Crippen LogP contribution in [0, 0.1) is 5.92 Å². The molecule has 0 aromatic carbocycles. The van der Waals surface area contributed by atoms with Gasteiger partial charge in [-0.3, -0.25) is 4.90 Å². The van der Waals surface area contributed by atoms with Crippen LogP contribution in [0.4, 0.5) is 0 Å². The molecule has 2 N–H and O–H groups in total. The highest BCUT2D eigenvalue weighted by Crippen LogP contribution is 2.39. The molecule has 1 saturated carbocycles. The molecule has 1 fully saturated rings. The second kappa shape index (κ2) is 7.34. The minimum Gasteiger partial charge on any atom is -0.383 e. The van der Waals surface area contributed by atoms with Crippen LogP contribution in [0.25, 0.3) is 0 Å². The predicted molar refractivity (Wildman–Crippen MR) is 73.2 cm³/mol. The van der Waals surface area contributed by atoms with E-state index in [1.165, 1.54) is 32.1 Å². The van der Waals surface area contributed by atoms with E-state index >= 15 is 0 Å². The molecular weight excluding hydrogens is 212 g/mol. The molecule has 0 heterocycles. The molecular formula is C14H30N2O. The first-order valence-corrected chi connectivity index (χ1v) is 7.19. The Labute approximate surface area is 107 Å². The van der Waals surface area contributed by atoms with Crippen molar-refractivity contribution in [2.45, 2.75) is 51.5 Å². The van der Waals surface area contributed by atoms with Crippen molar-refractivity contribution < 1.29 is 4.74 Å². The summed E-state index contributed by atoms with van der Waals surface area (Å²) in [6.07, 6.45) is 6.57. The maximum atomic E-state index is 6.17. The number of ether oxygens (including phenoxy) is 1. The van der Waals surface area contributed by atoms with Gasteiger partial charge < -0.3 is 10.5 Å². The van der Waals surface area contributed by atoms with Crippen molar-refractivity contribution in [1.29, 1.82) is 0 Å². The monoisotopic (exact) mass is 242 g/mol. The van der Waals surface area contributed by atoms with Crippen LogP contribution in [0.2, 0.25) is 0 Å². The molecule has 0 radical (unpaired) electrons. The van der Waals surface area contributed by atoms with Crippen molar-refractivity contribution >= 4 is 0 Å². The van der Waals surface area contributed by atoms with Gasteiger partial charge in [-0.25, -0.2) is 0 Å². The summed E-state index contributed by atoms with van der Waals surface area (Å²) in [6.45, 7) is 8.26. The van der Waals surface area contributed by atoms with Crippen LogP contribution >= 0.6 is 0 Å². The fourth-order valence-corrected chi connectivity index (χ4v) is 3.59. The number of hydrogen-bond donors (Lipinski definition) is 1. The van der Waals surface area contributed by atoms with Gasteiger partial charge in [0.25, 0.3) is 0 Å². The molecule has 2 unspecified atom stereocenters. The van der Waals surface area contributed by atoms with E-state index in [1.54, 1.807) is 7.11 Å². The summed E-state index contributed by atoms with van der Waals surface area (Å²) in [5, 5.41) is 0. The summed E-state index contributed by atoms with van der Waals surface area (Å²) in [5.41, 5.74) is 6.41. The zero-order valence-electron chi connectivity index (χ0n) is 11.9. The quantitative estimate of drug-likeness (QED) is 0.744. The third-order valence-electron chi connectivity index (χ3n) is 4.60. The number of hydrogen-bond acceptors (Lipinski definition) is 3. The van der Waals surface area contributed by atoms with Gasteiger partial charge in [-0.2, -0.15) is 0 Å². The highest BCUT2D eigenvalue weighted by Gasteiger charge is 2.42. The molecule has 1 aliphatic rings. The predicted octanol–water partition coefficient (Wildman–Crippen LogP) is 2.25. The Hall–Kier alpha value is -0.120. The van der Waals surface area contributed by atoms with Gasteiger partial charge in [0.2, 0.25) is 0 Å². The zero-order valence-corrected chi connectivity index (χ0v) is 11.9. The van der Waals surface area contributed by atoms with Crippen LogP contribution < -0.4 is 5.73 Å². The van der Waals surface area contributed by atoms with Crippen molar-refractivity contribution in [3.8, 4) is 0 Å². The first-order valence-electron chi connectivity index (χ1n) is 7.19. The smallest absolute Gasteiger partial charge is 0.0589 e. The van der Waals surface area contributed by atoms with Gasteiger partial charge in [-0.15, -0.1) is 0 Å². The topological polar surface area (TPSA) is 38.5 Å². The van der Waals surface area contributed by atoms with E-state index in [1.807, 2.05) is 0 Å². The Kier molecular flexibility index (Phi) is 6.45. The van der Waals surface area contributed by atoms with E-state index in [2.05, 4.69) is 18.7 Å². The molecule has 3 nitrogen and oxygen atoms in total. The Morgan fingerprint density at radius 3 is 2.65 bits per heavy atom. The van der Waals surface area contributed by atoms with Gasteiger partial charge in [-0.05, 0) is 25.3 Å². The molecule has 1 rings (SSSR count). The molecule has 102 valence electrons. The third kappa shape index (κ3) is 3.21. The van der Waals surface area contributed by atoms with E-state index in [4.69, 9.17) is 10.5 Å². The second-order valence-corrected chi connectivity index (χ2v) is 5.23. The fourth-order valence-electron chi connectivity index (χ4n) is 3.59. The van der Waals surface area contributed by atoms with Crippen molar-refractivity contribution in [2.75, 3.05) is 33.4 Å². The van der Waals surface area contributed by atoms with Gasteiger partial charge in [0.15, 0.2) is 0 Å². The third-order valence-corrected chi connectivity index (χ3v) is 4.60. The summed E-state index contributed by atoms with van der Waals surface area (Å²) in [4.78, 5) is 2.57. The lowest BCUT2D eigenvalue weighted by Crippen LogP contribution is -2.60. The molecule has 3 heteroatoms. The van der Waals surface area contributed by atoms with Crippen LogP contribution in [0.3, 0.4) is 0 Å². The Balaban J connectivity index is 2.80. The number of rotatable bonds is 7. The molecule has 17 heavy (non-hydrogen) atoms. The van der Waals surface area contributed by atoms with Crippen molar-refractivity contribution in [3.63, 3.8) is 0 Å². The van der Waals surface area contributed by atoms with Gasteiger partial charge in [0.05, 0.1) is 6.61 Å². The Morgan fingerprint density at radius 1 is 1.35 bits per heavy atom. The maximum Gasteiger partial charge on any atom is 0.0589 e. The van der Waals surface area contributed by atoms with E-state index in [0.29, 0.717) is 0 Å². The SMILES string of the molecule is CCC1CCCCC1(CN)N(CC)CCOC. The zero-order chi connectivity index (χ0) is 12.7. The van der Waals surface area contributed by atoms with E-state index in [0.717, 1.165) is 32.2 Å². The van der Waals surface area contributed by atoms with Gasteiger partial charge in [0.1, 0.15) is 0 Å². The number of nitrogens with two attached hydrogens (primary N) is 1. The average molecular weight is 242 g/mol. The molecule has 0 aliphatic heterocycles. The largest absolute Gasteiger partial charge is 0.383 e. The number of nitrogens with zero attached hydrogens (tertiary/aromatic N) is 1. The highest BCUT2D eigenvalue weighted by atomic mass is 16.5. The lowest BCUT2D eigenvalue weighted by molar-refractivity contribution is -0.00663. The molecule has 0 spiro atoms. The van der Waals surface area contributed by atoms with Crippen LogP contribution in [-0.2, 0) is 4.74 Å². The van der Waals surface area contributed by atoms with E-state index in [-0.39, 0.29) is 5.54 Å². The van der Waals surface area contributed by atoms with E-state index in [9.17, 15) is 0 Å². The van der Waals surface area contributed by atoms with Gasteiger partial charge in [0, 0.05) is 25.7 Å². The average Bonchev–Trinajstić information content (AvgIpc) is 2.39. The van der Waals surface area contributed by atoms with Crippen LogP contribution in [-0.4, -0.2) is 43.8 Å². The molecule has 1 aliphatic carbocycles. The van der Waals surface area contributed by atoms with E-state index < -0.39 is 0 Å². The summed E-state index contributed by atoms with van der Waals surface area (Å²) < 4.78 is 5.24. The molecule has 0 bridgehead atoms. The minimum atomic E-state index is 0.236. The van der Waals surface area contributed by atoms with Crippen molar-refractivity contribution in [3.05, 3.63) is 0 Å². The summed E-state index contributed by atoms with van der Waals surface area (Å²) in [7, 11) is 1.78. The minimum absolute atomic E-state index is 0.236. The van der Waals surface area contributed by atoms with Crippen molar-refractivity contribution in [1.82, 2.24) is 4.90 Å². The van der Waals surface area contributed by atoms with Crippen LogP contribution in [0.1, 0.15) is 46.0 Å². The molecule has 0 aromatic heterocycles. The first-order chi connectivity index (χ1) is 8.25. The standard InChI is InChI=1S/C14H30N2O/c1-4-13-8-6-7-9-14(13,12-15)16(5-2)10-11-17-3/h13H,4-12,15H2,1-3H3. The highest BCUT2D eigenvalue weighted by molar-refractivity contribution is 4.99. The molecule has 2 atom stereocenters. The lowest BCUT2D eigenvalue weighted by atomic mass is 9.70. The molecule has 0 saturated heterocycles. The molecule has 0 amide bonds. The normalized spacial score (nSPS) is 29.8. The summed E-state index contributed by atoms with van der Waals surface area (Å²) in [6, 6.07) is 0. The number of methoxy groups -OCH3 is 1.